The molecule has 1 saturated carbocycles. The quantitative estimate of drug-likeness (QED) is 0.783. The van der Waals surface area contributed by atoms with Crippen molar-refractivity contribution in [1.29, 1.82) is 0 Å². The fourth-order valence-corrected chi connectivity index (χ4v) is 2.34. The van der Waals surface area contributed by atoms with Crippen LogP contribution < -0.4 is 5.73 Å². The molecule has 2 nitrogen and oxygen atoms in total. The zero-order valence-electron chi connectivity index (χ0n) is 10.5. The van der Waals surface area contributed by atoms with Crippen LogP contribution in [0.15, 0.2) is 18.5 Å². The van der Waals surface area contributed by atoms with Gasteiger partial charge in [-0.15, -0.1) is 0 Å². The van der Waals surface area contributed by atoms with Gasteiger partial charge in [0.05, 0.1) is 0 Å². The summed E-state index contributed by atoms with van der Waals surface area (Å²) in [5.74, 6) is 1.56. The fourth-order valence-electron chi connectivity index (χ4n) is 2.34. The number of hydrogen-bond donors (Lipinski definition) is 1. The minimum Gasteiger partial charge on any atom is -0.354 e. The first kappa shape index (κ1) is 11.7. The monoisotopic (exact) mass is 220 g/mol. The molecule has 1 atom stereocenters. The van der Waals surface area contributed by atoms with Gasteiger partial charge in [0, 0.05) is 25.0 Å². The Morgan fingerprint density at radius 2 is 2.06 bits per heavy atom. The van der Waals surface area contributed by atoms with Crippen LogP contribution >= 0.6 is 0 Å². The predicted molar refractivity (Wildman–Crippen MR) is 68.2 cm³/mol. The molecule has 1 aliphatic rings. The Morgan fingerprint density at radius 1 is 1.38 bits per heavy atom. The highest BCUT2D eigenvalue weighted by atomic mass is 14.9. The molecule has 0 aromatic carbocycles. The van der Waals surface area contributed by atoms with Gasteiger partial charge in [-0.3, -0.25) is 0 Å². The molecule has 90 valence electrons. The third-order valence-electron chi connectivity index (χ3n) is 3.91. The van der Waals surface area contributed by atoms with Gasteiger partial charge in [0.15, 0.2) is 0 Å². The van der Waals surface area contributed by atoms with Crippen molar-refractivity contribution >= 4 is 0 Å². The lowest BCUT2D eigenvalue weighted by Gasteiger charge is -2.13. The van der Waals surface area contributed by atoms with Crippen LogP contribution in [0.1, 0.15) is 51.1 Å². The van der Waals surface area contributed by atoms with Crippen LogP contribution in [-0.2, 0) is 6.54 Å². The molecule has 0 bridgehead atoms. The van der Waals surface area contributed by atoms with Gasteiger partial charge < -0.3 is 10.3 Å². The van der Waals surface area contributed by atoms with Crippen LogP contribution in [0.4, 0.5) is 0 Å². The van der Waals surface area contributed by atoms with E-state index in [4.69, 9.17) is 5.73 Å². The molecule has 16 heavy (non-hydrogen) atoms. The van der Waals surface area contributed by atoms with Crippen LogP contribution in [0.5, 0.6) is 0 Å². The van der Waals surface area contributed by atoms with Crippen LogP contribution in [0, 0.1) is 11.8 Å². The van der Waals surface area contributed by atoms with Gasteiger partial charge in [0.25, 0.3) is 0 Å². The van der Waals surface area contributed by atoms with E-state index in [9.17, 15) is 0 Å². The molecule has 1 aromatic heterocycles. The third-order valence-corrected chi connectivity index (χ3v) is 3.91. The largest absolute Gasteiger partial charge is 0.354 e. The summed E-state index contributed by atoms with van der Waals surface area (Å²) < 4.78 is 2.31. The highest BCUT2D eigenvalue weighted by Gasteiger charge is 2.29. The molecule has 2 N–H and O–H groups in total. The normalized spacial score (nSPS) is 18.0. The standard InChI is InChI=1S/C14H24N2/c1-3-11(4-2)9-16-8-7-13(10-16)14(15)12-5-6-12/h7-8,10-12,14H,3-6,9,15H2,1-2H3. The number of nitrogens with two attached hydrogens (primary N) is 1. The summed E-state index contributed by atoms with van der Waals surface area (Å²) in [7, 11) is 0. The van der Waals surface area contributed by atoms with E-state index >= 15 is 0 Å². The summed E-state index contributed by atoms with van der Waals surface area (Å²) >= 11 is 0. The summed E-state index contributed by atoms with van der Waals surface area (Å²) in [5.41, 5.74) is 7.52. The molecule has 1 heterocycles. The molecule has 0 spiro atoms. The summed E-state index contributed by atoms with van der Waals surface area (Å²) in [6.45, 7) is 5.69. The maximum absolute atomic E-state index is 6.20. The lowest BCUT2D eigenvalue weighted by Crippen LogP contribution is -2.12. The predicted octanol–water partition coefficient (Wildman–Crippen LogP) is 3.33. The van der Waals surface area contributed by atoms with Gasteiger partial charge in [-0.05, 0) is 36.3 Å². The van der Waals surface area contributed by atoms with E-state index in [-0.39, 0.29) is 6.04 Å². The maximum atomic E-state index is 6.20. The Labute approximate surface area is 98.8 Å². The molecular formula is C14H24N2. The molecule has 1 fully saturated rings. The van der Waals surface area contributed by atoms with E-state index in [0.29, 0.717) is 0 Å². The van der Waals surface area contributed by atoms with Gasteiger partial charge in [-0.2, -0.15) is 0 Å². The number of nitrogens with zero attached hydrogens (tertiary/aromatic N) is 1. The lowest BCUT2D eigenvalue weighted by molar-refractivity contribution is 0.418. The summed E-state index contributed by atoms with van der Waals surface area (Å²) in [4.78, 5) is 0. The first-order valence-corrected chi connectivity index (χ1v) is 6.65. The summed E-state index contributed by atoms with van der Waals surface area (Å²) in [6.07, 6.45) is 9.60. The minimum absolute atomic E-state index is 0.281. The van der Waals surface area contributed by atoms with Gasteiger partial charge >= 0.3 is 0 Å². The van der Waals surface area contributed by atoms with E-state index in [0.717, 1.165) is 18.4 Å². The van der Waals surface area contributed by atoms with E-state index in [1.165, 1.54) is 31.2 Å². The molecule has 0 radical (unpaired) electrons. The lowest BCUT2D eigenvalue weighted by atomic mass is 10.0. The average Bonchev–Trinajstić information content (AvgIpc) is 3.05. The van der Waals surface area contributed by atoms with Crippen molar-refractivity contribution in [2.45, 2.75) is 52.1 Å². The number of hydrogen-bond acceptors (Lipinski definition) is 1. The molecule has 0 aliphatic heterocycles. The zero-order valence-corrected chi connectivity index (χ0v) is 10.5. The number of aromatic nitrogens is 1. The van der Waals surface area contributed by atoms with E-state index in [1.54, 1.807) is 0 Å². The van der Waals surface area contributed by atoms with Crippen LogP contribution in [-0.4, -0.2) is 4.57 Å². The van der Waals surface area contributed by atoms with Gasteiger partial charge in [0.2, 0.25) is 0 Å². The number of rotatable bonds is 6. The summed E-state index contributed by atoms with van der Waals surface area (Å²) in [5, 5.41) is 0. The second-order valence-corrected chi connectivity index (χ2v) is 5.19. The Morgan fingerprint density at radius 3 is 2.62 bits per heavy atom. The van der Waals surface area contributed by atoms with Gasteiger partial charge in [0.1, 0.15) is 0 Å². The Bertz CT molecular complexity index is 321. The minimum atomic E-state index is 0.281. The van der Waals surface area contributed by atoms with Crippen molar-refractivity contribution in [3.8, 4) is 0 Å². The highest BCUT2D eigenvalue weighted by Crippen LogP contribution is 2.39. The zero-order chi connectivity index (χ0) is 11.5. The van der Waals surface area contributed by atoms with E-state index in [1.807, 2.05) is 0 Å². The Kier molecular flexibility index (Phi) is 3.70. The van der Waals surface area contributed by atoms with Crippen molar-refractivity contribution in [2.75, 3.05) is 0 Å². The van der Waals surface area contributed by atoms with Crippen molar-refractivity contribution in [2.24, 2.45) is 17.6 Å². The first-order chi connectivity index (χ1) is 7.74. The molecule has 1 aliphatic carbocycles. The molecule has 1 unspecified atom stereocenters. The SMILES string of the molecule is CCC(CC)Cn1ccc(C(N)C2CC2)c1. The smallest absolute Gasteiger partial charge is 0.0338 e. The Hall–Kier alpha value is -0.760. The molecule has 0 amide bonds. The fraction of sp³-hybridized carbons (Fsp3) is 0.714. The highest BCUT2D eigenvalue weighted by molar-refractivity contribution is 5.17. The second kappa shape index (κ2) is 5.05. The molecule has 1 aromatic rings. The maximum Gasteiger partial charge on any atom is 0.0338 e. The van der Waals surface area contributed by atoms with Crippen molar-refractivity contribution < 1.29 is 0 Å². The van der Waals surface area contributed by atoms with Crippen LogP contribution in [0.2, 0.25) is 0 Å². The van der Waals surface area contributed by atoms with Crippen LogP contribution in [0.25, 0.3) is 0 Å². The average molecular weight is 220 g/mol. The molecule has 2 heteroatoms. The van der Waals surface area contributed by atoms with Crippen molar-refractivity contribution in [1.82, 2.24) is 4.57 Å². The van der Waals surface area contributed by atoms with Crippen LogP contribution in [0.3, 0.4) is 0 Å². The summed E-state index contributed by atoms with van der Waals surface area (Å²) in [6, 6.07) is 2.48. The molecular weight excluding hydrogens is 196 g/mol. The van der Waals surface area contributed by atoms with E-state index in [2.05, 4.69) is 36.9 Å². The van der Waals surface area contributed by atoms with Gasteiger partial charge in [-0.1, -0.05) is 26.7 Å². The third kappa shape index (κ3) is 2.67. The molecule has 0 saturated heterocycles. The second-order valence-electron chi connectivity index (χ2n) is 5.19. The Balaban J connectivity index is 1.95. The first-order valence-electron chi connectivity index (χ1n) is 6.65. The van der Waals surface area contributed by atoms with Crippen molar-refractivity contribution in [3.63, 3.8) is 0 Å². The topological polar surface area (TPSA) is 30.9 Å². The van der Waals surface area contributed by atoms with Gasteiger partial charge in [-0.25, -0.2) is 0 Å². The van der Waals surface area contributed by atoms with Crippen molar-refractivity contribution in [3.05, 3.63) is 24.0 Å². The van der Waals surface area contributed by atoms with E-state index < -0.39 is 0 Å². The molecule has 2 rings (SSSR count).